The molecule has 0 aromatic rings. The van der Waals surface area contributed by atoms with Gasteiger partial charge in [0.25, 0.3) is 0 Å². The van der Waals surface area contributed by atoms with Crippen molar-refractivity contribution in [1.82, 2.24) is 40.4 Å². The zero-order valence-electron chi connectivity index (χ0n) is 32.2. The third-order valence-corrected chi connectivity index (χ3v) is 9.69. The standard InChI is InChI=1S/C33H57BN8O14/c1-21(2)30(31(51)36-22(3)32(52)42-8-4-5-24(42)34(55)56)37-26(44)17-35-25(43)7-6-23(33(53)54)41-15-13-39(19-28(47)48)11-9-38(18-27(45)46)10-12-40(14-16-41)20-29(49)50/h21-24,30,55-56H,4-20H2,1-3H3,(H,35,43)(H,36,51)(H,37,44)(H,45,46)(H,47,48)(H,49,50)(H,53,54)/t22-,23+,24+,30+/m1/s1. The first-order chi connectivity index (χ1) is 26.3. The van der Waals surface area contributed by atoms with E-state index >= 15 is 0 Å². The molecule has 0 saturated carbocycles. The summed E-state index contributed by atoms with van der Waals surface area (Å²) in [5.74, 6) is -8.48. The van der Waals surface area contributed by atoms with Gasteiger partial charge in [-0.3, -0.25) is 58.0 Å². The van der Waals surface area contributed by atoms with Gasteiger partial charge in [-0.2, -0.15) is 0 Å². The summed E-state index contributed by atoms with van der Waals surface area (Å²) in [6, 6.07) is -3.39. The van der Waals surface area contributed by atoms with Gasteiger partial charge in [0.1, 0.15) is 18.1 Å². The van der Waals surface area contributed by atoms with Gasteiger partial charge in [-0.25, -0.2) is 0 Å². The number of nitrogens with one attached hydrogen (secondary N) is 3. The van der Waals surface area contributed by atoms with Crippen LogP contribution >= 0.6 is 0 Å². The summed E-state index contributed by atoms with van der Waals surface area (Å²) in [6.45, 7) is 4.17. The average Bonchev–Trinajstić information content (AvgIpc) is 3.60. The van der Waals surface area contributed by atoms with E-state index in [1.165, 1.54) is 16.7 Å². The van der Waals surface area contributed by atoms with E-state index in [4.69, 9.17) is 0 Å². The first-order valence-corrected chi connectivity index (χ1v) is 18.6. The molecule has 2 rings (SSSR count). The topological polar surface area (TPSA) is 310 Å². The fourth-order valence-electron chi connectivity index (χ4n) is 6.66. The zero-order chi connectivity index (χ0) is 42.1. The maximum absolute atomic E-state index is 13.1. The number of carboxylic acids is 4. The molecule has 4 amide bonds. The Kier molecular flexibility index (Phi) is 20.1. The molecule has 0 aromatic heterocycles. The van der Waals surface area contributed by atoms with Crippen LogP contribution in [0.4, 0.5) is 0 Å². The Morgan fingerprint density at radius 1 is 0.679 bits per heavy atom. The number of rotatable bonds is 19. The number of amides is 4. The van der Waals surface area contributed by atoms with Crippen LogP contribution in [-0.2, 0) is 38.4 Å². The van der Waals surface area contributed by atoms with Gasteiger partial charge in [-0.1, -0.05) is 13.8 Å². The molecule has 2 aliphatic heterocycles. The molecule has 0 spiro atoms. The molecule has 2 fully saturated rings. The van der Waals surface area contributed by atoms with Crippen LogP contribution in [0.3, 0.4) is 0 Å². The highest BCUT2D eigenvalue weighted by Crippen LogP contribution is 2.19. The lowest BCUT2D eigenvalue weighted by molar-refractivity contribution is -0.145. The molecule has 0 bridgehead atoms. The van der Waals surface area contributed by atoms with E-state index < -0.39 is 104 Å². The highest BCUT2D eigenvalue weighted by Gasteiger charge is 2.39. The molecule has 9 N–H and O–H groups in total. The van der Waals surface area contributed by atoms with Crippen LogP contribution in [0, 0.1) is 5.92 Å². The normalized spacial score (nSPS) is 19.8. The van der Waals surface area contributed by atoms with Crippen LogP contribution in [0.15, 0.2) is 0 Å². The lowest BCUT2D eigenvalue weighted by atomic mass is 9.78. The summed E-state index contributed by atoms with van der Waals surface area (Å²) in [6.07, 6.45) is 0.407. The van der Waals surface area contributed by atoms with Gasteiger partial charge >= 0.3 is 31.0 Å². The fourth-order valence-corrected chi connectivity index (χ4v) is 6.66. The van der Waals surface area contributed by atoms with Crippen molar-refractivity contribution in [3.63, 3.8) is 0 Å². The summed E-state index contributed by atoms with van der Waals surface area (Å²) in [7, 11) is -1.73. The maximum Gasteiger partial charge on any atom is 0.475 e. The number of carbonyl (C=O) groups excluding carboxylic acids is 4. The molecular formula is C33H57BN8O14. The predicted octanol–water partition coefficient (Wildman–Crippen LogP) is -4.54. The number of likely N-dealkylation sites (tertiary alicyclic amines) is 1. The minimum atomic E-state index is -1.73. The third kappa shape index (κ3) is 16.8. The summed E-state index contributed by atoms with van der Waals surface area (Å²) < 4.78 is 0. The summed E-state index contributed by atoms with van der Waals surface area (Å²) >= 11 is 0. The first-order valence-electron chi connectivity index (χ1n) is 18.6. The summed E-state index contributed by atoms with van der Waals surface area (Å²) in [5, 5.41) is 65.1. The summed E-state index contributed by atoms with van der Waals surface area (Å²) in [5.41, 5.74) is 0. The summed E-state index contributed by atoms with van der Waals surface area (Å²) in [4.78, 5) is 106. The quantitative estimate of drug-likeness (QED) is 0.0556. The second-order valence-electron chi connectivity index (χ2n) is 14.4. The molecule has 316 valence electrons. The molecule has 2 heterocycles. The number of nitrogens with zero attached hydrogens (tertiary/aromatic N) is 5. The molecule has 0 unspecified atom stereocenters. The Labute approximate surface area is 325 Å². The van der Waals surface area contributed by atoms with Crippen molar-refractivity contribution in [2.24, 2.45) is 5.92 Å². The van der Waals surface area contributed by atoms with Crippen molar-refractivity contribution in [3.05, 3.63) is 0 Å². The molecule has 0 radical (unpaired) electrons. The van der Waals surface area contributed by atoms with Crippen LogP contribution in [-0.4, -0.2) is 219 Å². The maximum atomic E-state index is 13.1. The van der Waals surface area contributed by atoms with E-state index in [1.807, 2.05) is 0 Å². The number of aliphatic carboxylic acids is 4. The fraction of sp³-hybridized carbons (Fsp3) is 0.758. The highest BCUT2D eigenvalue weighted by molar-refractivity contribution is 6.43. The Hall–Kier alpha value is -4.42. The molecule has 56 heavy (non-hydrogen) atoms. The van der Waals surface area contributed by atoms with E-state index in [-0.39, 0.29) is 71.7 Å². The van der Waals surface area contributed by atoms with Gasteiger partial charge in [0, 0.05) is 65.3 Å². The molecule has 0 aromatic carbocycles. The van der Waals surface area contributed by atoms with Gasteiger partial charge in [0.15, 0.2) is 0 Å². The van der Waals surface area contributed by atoms with Gasteiger partial charge in [-0.05, 0) is 32.1 Å². The SMILES string of the molecule is CC(C)[C@H](NC(=O)CNC(=O)CC[C@@H](C(=O)O)N1CCN(CC(=O)O)CCN(CC(=O)O)CCN(CC(=O)O)CC1)C(=O)N[C@H](C)C(=O)N1CCC[C@H]1B(O)O. The lowest BCUT2D eigenvalue weighted by Crippen LogP contribution is -2.57. The van der Waals surface area contributed by atoms with Crippen LogP contribution < -0.4 is 16.0 Å². The van der Waals surface area contributed by atoms with Crippen LogP contribution in [0.1, 0.15) is 46.5 Å². The number of carboxylic acid groups (broad SMARTS) is 4. The van der Waals surface area contributed by atoms with Gasteiger partial charge < -0.3 is 51.3 Å². The van der Waals surface area contributed by atoms with Gasteiger partial charge in [-0.15, -0.1) is 0 Å². The van der Waals surface area contributed by atoms with Gasteiger partial charge in [0.05, 0.1) is 32.1 Å². The van der Waals surface area contributed by atoms with E-state index in [1.54, 1.807) is 28.5 Å². The smallest absolute Gasteiger partial charge is 0.475 e. The molecule has 2 saturated heterocycles. The van der Waals surface area contributed by atoms with Crippen LogP contribution in [0.25, 0.3) is 0 Å². The molecule has 22 nitrogen and oxygen atoms in total. The van der Waals surface area contributed by atoms with E-state index in [2.05, 4.69) is 16.0 Å². The first kappa shape index (κ1) is 47.7. The predicted molar refractivity (Wildman–Crippen MR) is 197 cm³/mol. The minimum absolute atomic E-state index is 0.0268. The van der Waals surface area contributed by atoms with Crippen molar-refractivity contribution in [2.45, 2.75) is 70.5 Å². The molecule has 2 aliphatic rings. The average molecular weight is 801 g/mol. The molecular weight excluding hydrogens is 743 g/mol. The molecule has 4 atom stereocenters. The molecule has 23 heteroatoms. The number of hydrogen-bond acceptors (Lipinski definition) is 14. The molecule has 0 aliphatic carbocycles. The zero-order valence-corrected chi connectivity index (χ0v) is 32.2. The van der Waals surface area contributed by atoms with Crippen LogP contribution in [0.2, 0.25) is 0 Å². The van der Waals surface area contributed by atoms with Crippen molar-refractivity contribution in [3.8, 4) is 0 Å². The Morgan fingerprint density at radius 3 is 1.59 bits per heavy atom. The van der Waals surface area contributed by atoms with E-state index in [9.17, 15) is 68.8 Å². The van der Waals surface area contributed by atoms with Crippen molar-refractivity contribution >= 4 is 54.6 Å². The second kappa shape index (κ2) is 23.6. The Bertz CT molecular complexity index is 1360. The third-order valence-electron chi connectivity index (χ3n) is 9.69. The van der Waals surface area contributed by atoms with Crippen LogP contribution in [0.5, 0.6) is 0 Å². The number of hydrogen-bond donors (Lipinski definition) is 9. The largest absolute Gasteiger partial charge is 0.480 e. The lowest BCUT2D eigenvalue weighted by Gasteiger charge is -2.35. The van der Waals surface area contributed by atoms with Crippen molar-refractivity contribution in [1.29, 1.82) is 0 Å². The highest BCUT2D eigenvalue weighted by atomic mass is 16.4. The van der Waals surface area contributed by atoms with Crippen molar-refractivity contribution < 1.29 is 68.8 Å². The Balaban J connectivity index is 2.04. The minimum Gasteiger partial charge on any atom is -0.480 e. The van der Waals surface area contributed by atoms with Crippen molar-refractivity contribution in [2.75, 3.05) is 85.1 Å². The van der Waals surface area contributed by atoms with E-state index in [0.717, 1.165) is 0 Å². The second-order valence-corrected chi connectivity index (χ2v) is 14.4. The Morgan fingerprint density at radius 2 is 1.16 bits per heavy atom. The van der Waals surface area contributed by atoms with E-state index in [0.29, 0.717) is 19.4 Å². The number of carbonyl (C=O) groups is 8. The van der Waals surface area contributed by atoms with Gasteiger partial charge in [0.2, 0.25) is 23.6 Å². The monoisotopic (exact) mass is 800 g/mol.